The maximum absolute atomic E-state index is 13.4. The number of hydrogen-bond acceptors (Lipinski definition) is 8. The van der Waals surface area contributed by atoms with Gasteiger partial charge in [-0.2, -0.15) is 0 Å². The molecule has 0 aliphatic heterocycles. The van der Waals surface area contributed by atoms with Gasteiger partial charge < -0.3 is 15.8 Å². The number of nitrogens with one attached hydrogen (secondary N) is 2. The van der Waals surface area contributed by atoms with E-state index < -0.39 is 0 Å². The van der Waals surface area contributed by atoms with Crippen LogP contribution < -0.4 is 21.3 Å². The molecule has 1 aliphatic carbocycles. The molecule has 5 rings (SSSR count). The fraction of sp³-hybridized carbons (Fsp3) is 0.296. The van der Waals surface area contributed by atoms with E-state index in [1.54, 1.807) is 7.11 Å². The standard InChI is InChI=1S/C27H29N7O2/c1-15-13-17(11-12-21(15)36-3)23(28)22-24(29)30-14-31-25(22)32-16(2)26-33-20-10-5-4-9-19(20)27(35)34(26)18-7-6-8-18/h4-5,9-14,16,18,28H,6-8H2,1-3H3,(H3,29,30,31,32). The molecule has 36 heavy (non-hydrogen) atoms. The number of anilines is 2. The van der Waals surface area contributed by atoms with Crippen LogP contribution in [0.5, 0.6) is 5.75 Å². The highest BCUT2D eigenvalue weighted by atomic mass is 16.5. The van der Waals surface area contributed by atoms with E-state index in [9.17, 15) is 4.79 Å². The quantitative estimate of drug-likeness (QED) is 0.332. The zero-order valence-electron chi connectivity index (χ0n) is 20.6. The number of nitrogens with zero attached hydrogens (tertiary/aromatic N) is 4. The first-order chi connectivity index (χ1) is 17.4. The van der Waals surface area contributed by atoms with Crippen LogP contribution in [0.15, 0.2) is 53.6 Å². The van der Waals surface area contributed by atoms with Crippen molar-refractivity contribution in [1.82, 2.24) is 19.5 Å². The van der Waals surface area contributed by atoms with E-state index in [2.05, 4.69) is 15.3 Å². The van der Waals surface area contributed by atoms with Gasteiger partial charge in [0.15, 0.2) is 0 Å². The largest absolute Gasteiger partial charge is 0.496 e. The number of para-hydroxylation sites is 1. The summed E-state index contributed by atoms with van der Waals surface area (Å²) in [5.41, 5.74) is 9.04. The third-order valence-electron chi connectivity index (χ3n) is 6.83. The van der Waals surface area contributed by atoms with Gasteiger partial charge in [-0.25, -0.2) is 15.0 Å². The van der Waals surface area contributed by atoms with Crippen LogP contribution >= 0.6 is 0 Å². The lowest BCUT2D eigenvalue weighted by molar-refractivity contribution is 0.294. The number of benzene rings is 2. The number of ether oxygens (including phenoxy) is 1. The molecule has 1 unspecified atom stereocenters. The second kappa shape index (κ2) is 9.41. The first kappa shape index (κ1) is 23.5. The van der Waals surface area contributed by atoms with Gasteiger partial charge in [0.05, 0.1) is 35.3 Å². The molecule has 2 aromatic carbocycles. The Labute approximate surface area is 208 Å². The average molecular weight is 484 g/mol. The molecule has 0 saturated heterocycles. The van der Waals surface area contributed by atoms with E-state index in [0.717, 1.165) is 30.6 Å². The Morgan fingerprint density at radius 2 is 2.00 bits per heavy atom. The summed E-state index contributed by atoms with van der Waals surface area (Å²) in [5, 5.41) is 12.9. The van der Waals surface area contributed by atoms with E-state index in [-0.39, 0.29) is 29.2 Å². The van der Waals surface area contributed by atoms with Gasteiger partial charge >= 0.3 is 0 Å². The Morgan fingerprint density at radius 1 is 1.22 bits per heavy atom. The van der Waals surface area contributed by atoms with Crippen LogP contribution in [0.3, 0.4) is 0 Å². The van der Waals surface area contributed by atoms with Crippen LogP contribution in [-0.2, 0) is 0 Å². The summed E-state index contributed by atoms with van der Waals surface area (Å²) < 4.78 is 7.18. The molecule has 4 aromatic rings. The van der Waals surface area contributed by atoms with Gasteiger partial charge in [0.2, 0.25) is 0 Å². The molecule has 1 saturated carbocycles. The average Bonchev–Trinajstić information content (AvgIpc) is 2.84. The fourth-order valence-electron chi connectivity index (χ4n) is 4.67. The number of nitrogen functional groups attached to an aromatic ring is 1. The van der Waals surface area contributed by atoms with Crippen molar-refractivity contribution < 1.29 is 4.74 Å². The van der Waals surface area contributed by atoms with Gasteiger partial charge in [0.1, 0.15) is 29.5 Å². The summed E-state index contributed by atoms with van der Waals surface area (Å²) in [6.45, 7) is 3.86. The molecule has 0 amide bonds. The van der Waals surface area contributed by atoms with Crippen molar-refractivity contribution in [3.05, 3.63) is 81.7 Å². The predicted molar refractivity (Wildman–Crippen MR) is 141 cm³/mol. The SMILES string of the molecule is COc1ccc(C(=N)c2c(N)ncnc2NC(C)c2nc3ccccc3c(=O)n2C2CCC2)cc1C. The molecule has 0 radical (unpaired) electrons. The first-order valence-corrected chi connectivity index (χ1v) is 12.0. The van der Waals surface area contributed by atoms with Crippen LogP contribution in [0.1, 0.15) is 60.8 Å². The smallest absolute Gasteiger partial charge is 0.261 e. The van der Waals surface area contributed by atoms with E-state index in [1.165, 1.54) is 6.33 Å². The number of methoxy groups -OCH3 is 1. The van der Waals surface area contributed by atoms with Crippen LogP contribution in [0.2, 0.25) is 0 Å². The number of nitrogens with two attached hydrogens (primary N) is 1. The number of aromatic nitrogens is 4. The van der Waals surface area contributed by atoms with Gasteiger partial charge in [-0.05, 0) is 69.0 Å². The third-order valence-corrected chi connectivity index (χ3v) is 6.83. The van der Waals surface area contributed by atoms with Crippen molar-refractivity contribution >= 4 is 28.3 Å². The summed E-state index contributed by atoms with van der Waals surface area (Å²) in [7, 11) is 1.61. The summed E-state index contributed by atoms with van der Waals surface area (Å²) >= 11 is 0. The van der Waals surface area contributed by atoms with Crippen LogP contribution in [0.4, 0.5) is 11.6 Å². The van der Waals surface area contributed by atoms with E-state index in [0.29, 0.717) is 33.7 Å². The number of fused-ring (bicyclic) bond motifs is 1. The van der Waals surface area contributed by atoms with Gasteiger partial charge in [0, 0.05) is 11.6 Å². The van der Waals surface area contributed by atoms with Crippen LogP contribution in [-0.4, -0.2) is 32.3 Å². The Balaban J connectivity index is 1.55. The number of aryl methyl sites for hydroxylation is 1. The number of rotatable bonds is 7. The highest BCUT2D eigenvalue weighted by molar-refractivity contribution is 6.16. The summed E-state index contributed by atoms with van der Waals surface area (Å²) in [5.74, 6) is 1.99. The Hall–Kier alpha value is -4.27. The molecule has 184 valence electrons. The predicted octanol–water partition coefficient (Wildman–Crippen LogP) is 4.40. The van der Waals surface area contributed by atoms with Crippen molar-refractivity contribution in [2.24, 2.45) is 0 Å². The molecule has 1 aliphatic rings. The molecule has 9 heteroatoms. The molecule has 0 bridgehead atoms. The summed E-state index contributed by atoms with van der Waals surface area (Å²) in [4.78, 5) is 26.9. The highest BCUT2D eigenvalue weighted by Crippen LogP contribution is 2.34. The molecule has 0 spiro atoms. The van der Waals surface area contributed by atoms with E-state index in [4.69, 9.17) is 20.9 Å². The minimum atomic E-state index is -0.374. The topological polar surface area (TPSA) is 132 Å². The van der Waals surface area contributed by atoms with Crippen molar-refractivity contribution in [1.29, 1.82) is 5.41 Å². The first-order valence-electron chi connectivity index (χ1n) is 12.0. The normalized spacial score (nSPS) is 14.3. The monoisotopic (exact) mass is 483 g/mol. The van der Waals surface area contributed by atoms with Crippen LogP contribution in [0, 0.1) is 12.3 Å². The lowest BCUT2D eigenvalue weighted by Gasteiger charge is -2.31. The molecular weight excluding hydrogens is 454 g/mol. The molecule has 1 atom stereocenters. The molecule has 9 nitrogen and oxygen atoms in total. The van der Waals surface area contributed by atoms with Gasteiger partial charge in [0.25, 0.3) is 5.56 Å². The van der Waals surface area contributed by atoms with Crippen molar-refractivity contribution in [3.8, 4) is 5.75 Å². The van der Waals surface area contributed by atoms with Gasteiger partial charge in [-0.15, -0.1) is 0 Å². The van der Waals surface area contributed by atoms with E-state index in [1.807, 2.05) is 60.9 Å². The third kappa shape index (κ3) is 4.06. The second-order valence-electron chi connectivity index (χ2n) is 9.15. The molecule has 1 fully saturated rings. The summed E-state index contributed by atoms with van der Waals surface area (Å²) in [6, 6.07) is 12.7. The zero-order chi connectivity index (χ0) is 25.4. The Morgan fingerprint density at radius 3 is 2.69 bits per heavy atom. The lowest BCUT2D eigenvalue weighted by Crippen LogP contribution is -2.34. The van der Waals surface area contributed by atoms with Crippen LogP contribution in [0.25, 0.3) is 10.9 Å². The molecule has 2 heterocycles. The maximum Gasteiger partial charge on any atom is 0.261 e. The van der Waals surface area contributed by atoms with E-state index >= 15 is 0 Å². The zero-order valence-corrected chi connectivity index (χ0v) is 20.6. The molecule has 2 aromatic heterocycles. The Kier molecular flexibility index (Phi) is 6.13. The van der Waals surface area contributed by atoms with Gasteiger partial charge in [-0.3, -0.25) is 14.8 Å². The minimum Gasteiger partial charge on any atom is -0.496 e. The minimum absolute atomic E-state index is 0.0298. The molecular formula is C27H29N7O2. The van der Waals surface area contributed by atoms with Crippen molar-refractivity contribution in [2.45, 2.75) is 45.2 Å². The molecule has 4 N–H and O–H groups in total. The summed E-state index contributed by atoms with van der Waals surface area (Å²) in [6.07, 6.45) is 4.36. The fourth-order valence-corrected chi connectivity index (χ4v) is 4.67. The number of hydrogen-bond donors (Lipinski definition) is 3. The lowest BCUT2D eigenvalue weighted by atomic mass is 9.92. The second-order valence-corrected chi connectivity index (χ2v) is 9.15. The van der Waals surface area contributed by atoms with Gasteiger partial charge in [-0.1, -0.05) is 12.1 Å². The highest BCUT2D eigenvalue weighted by Gasteiger charge is 2.28. The maximum atomic E-state index is 13.4. The van der Waals surface area contributed by atoms with Crippen molar-refractivity contribution in [3.63, 3.8) is 0 Å². The van der Waals surface area contributed by atoms with Crippen molar-refractivity contribution in [2.75, 3.05) is 18.2 Å². The Bertz CT molecular complexity index is 1520.